The normalized spacial score (nSPS) is 18.2. The van der Waals surface area contributed by atoms with Gasteiger partial charge >= 0.3 is 0 Å². The Kier molecular flexibility index (Phi) is 6.05. The Bertz CT molecular complexity index is 774. The largest absolute Gasteiger partial charge is 0.489 e. The van der Waals surface area contributed by atoms with Gasteiger partial charge in [0.25, 0.3) is 0 Å². The number of ketones is 1. The third kappa shape index (κ3) is 4.31. The van der Waals surface area contributed by atoms with Crippen LogP contribution in [0.4, 0.5) is 10.1 Å². The highest BCUT2D eigenvalue weighted by atomic mass is 19.1. The molecule has 0 radical (unpaired) electrons. The van der Waals surface area contributed by atoms with Crippen molar-refractivity contribution in [3.63, 3.8) is 0 Å². The number of anilines is 1. The van der Waals surface area contributed by atoms with E-state index in [4.69, 9.17) is 4.74 Å². The van der Waals surface area contributed by atoms with E-state index in [1.807, 2.05) is 30.3 Å². The number of benzene rings is 2. The molecule has 1 aliphatic rings. The van der Waals surface area contributed by atoms with E-state index in [0.717, 1.165) is 30.6 Å². The van der Waals surface area contributed by atoms with Crippen LogP contribution in [0.3, 0.4) is 0 Å². The first-order valence-electron chi connectivity index (χ1n) is 9.06. The van der Waals surface area contributed by atoms with E-state index < -0.39 is 0 Å². The number of halogens is 1. The number of ether oxygens (including phenoxy) is 1. The Morgan fingerprint density at radius 2 is 2.08 bits per heavy atom. The van der Waals surface area contributed by atoms with Crippen LogP contribution in [0.2, 0.25) is 0 Å². The number of carbonyl (C=O) groups is 1. The molecule has 2 atom stereocenters. The maximum Gasteiger partial charge on any atom is 0.138 e. The van der Waals surface area contributed by atoms with E-state index >= 15 is 0 Å². The topological polar surface area (TPSA) is 38.3 Å². The van der Waals surface area contributed by atoms with Crippen molar-refractivity contribution < 1.29 is 13.9 Å². The van der Waals surface area contributed by atoms with Gasteiger partial charge in [-0.25, -0.2) is 4.39 Å². The Morgan fingerprint density at radius 3 is 2.85 bits per heavy atom. The summed E-state index contributed by atoms with van der Waals surface area (Å²) in [5.41, 5.74) is 1.57. The number of nitrogens with one attached hydrogen (secondary N) is 1. The number of hydrogen-bond acceptors (Lipinski definition) is 3. The molecule has 0 aromatic heterocycles. The van der Waals surface area contributed by atoms with E-state index in [0.29, 0.717) is 18.7 Å². The molecule has 0 spiro atoms. The Balaban J connectivity index is 1.97. The Morgan fingerprint density at radius 1 is 1.23 bits per heavy atom. The van der Waals surface area contributed by atoms with Crippen LogP contribution in [-0.4, -0.2) is 12.4 Å². The van der Waals surface area contributed by atoms with Gasteiger partial charge in [0.15, 0.2) is 0 Å². The lowest BCUT2D eigenvalue weighted by atomic mass is 9.79. The summed E-state index contributed by atoms with van der Waals surface area (Å²) in [7, 11) is 0. The average molecular weight is 353 g/mol. The predicted molar refractivity (Wildman–Crippen MR) is 102 cm³/mol. The molecule has 1 saturated carbocycles. The Hall–Kier alpha value is -2.62. The van der Waals surface area contributed by atoms with Gasteiger partial charge in [-0.2, -0.15) is 0 Å². The van der Waals surface area contributed by atoms with Gasteiger partial charge in [-0.3, -0.25) is 4.79 Å². The van der Waals surface area contributed by atoms with Crippen LogP contribution in [0.25, 0.3) is 0 Å². The first kappa shape index (κ1) is 18.2. The minimum absolute atomic E-state index is 0.152. The lowest BCUT2D eigenvalue weighted by molar-refractivity contribution is -0.125. The summed E-state index contributed by atoms with van der Waals surface area (Å²) >= 11 is 0. The molecule has 0 aliphatic heterocycles. The molecule has 0 heterocycles. The lowest BCUT2D eigenvalue weighted by Gasteiger charge is -2.32. The fourth-order valence-electron chi connectivity index (χ4n) is 3.53. The molecule has 1 fully saturated rings. The maximum absolute atomic E-state index is 13.6. The number of para-hydroxylation sites is 1. The summed E-state index contributed by atoms with van der Waals surface area (Å²) in [4.78, 5) is 12.6. The third-order valence-corrected chi connectivity index (χ3v) is 4.76. The quantitative estimate of drug-likeness (QED) is 0.686. The lowest BCUT2D eigenvalue weighted by Crippen LogP contribution is -2.30. The highest BCUT2D eigenvalue weighted by Gasteiger charge is 2.33. The smallest absolute Gasteiger partial charge is 0.138 e. The SMILES string of the molecule is C=CCOc1ccccc1[C@H](Nc1cccc(F)c1)[C@@H]1CCCCC1=O. The second-order valence-electron chi connectivity index (χ2n) is 6.59. The van der Waals surface area contributed by atoms with Crippen molar-refractivity contribution in [2.75, 3.05) is 11.9 Å². The van der Waals surface area contributed by atoms with Gasteiger partial charge in [-0.15, -0.1) is 0 Å². The van der Waals surface area contributed by atoms with E-state index in [1.165, 1.54) is 12.1 Å². The molecule has 3 nitrogen and oxygen atoms in total. The van der Waals surface area contributed by atoms with Gasteiger partial charge in [-0.05, 0) is 37.1 Å². The molecular formula is C22H24FNO2. The summed E-state index contributed by atoms with van der Waals surface area (Å²) < 4.78 is 19.5. The number of carbonyl (C=O) groups excluding carboxylic acids is 1. The third-order valence-electron chi connectivity index (χ3n) is 4.76. The van der Waals surface area contributed by atoms with Crippen molar-refractivity contribution in [3.8, 4) is 5.75 Å². The molecule has 1 aliphatic carbocycles. The van der Waals surface area contributed by atoms with Crippen LogP contribution >= 0.6 is 0 Å². The van der Waals surface area contributed by atoms with E-state index in [2.05, 4.69) is 11.9 Å². The summed E-state index contributed by atoms with van der Waals surface area (Å²) in [5.74, 6) is 0.517. The molecule has 1 N–H and O–H groups in total. The number of Topliss-reactive ketones (excluding diaryl/α,β-unsaturated/α-hetero) is 1. The molecular weight excluding hydrogens is 329 g/mol. The first-order chi connectivity index (χ1) is 12.7. The fourth-order valence-corrected chi connectivity index (χ4v) is 3.53. The Labute approximate surface area is 153 Å². The van der Waals surface area contributed by atoms with E-state index in [1.54, 1.807) is 12.1 Å². The predicted octanol–water partition coefficient (Wildman–Crippen LogP) is 5.30. The van der Waals surface area contributed by atoms with Crippen LogP contribution in [0.1, 0.15) is 37.3 Å². The molecule has 0 bridgehead atoms. The molecule has 0 saturated heterocycles. The summed E-state index contributed by atoms with van der Waals surface area (Å²) in [6.07, 6.45) is 5.07. The standard InChI is InChI=1S/C22H24FNO2/c1-2-14-26-21-13-6-4-11-19(21)22(18-10-3-5-12-20(18)25)24-17-9-7-8-16(23)15-17/h2,4,6-9,11,13,15,18,22,24H,1,3,5,10,12,14H2/t18-,22-/m1/s1. The minimum atomic E-state index is -0.306. The average Bonchev–Trinajstić information content (AvgIpc) is 2.65. The molecule has 0 amide bonds. The van der Waals surface area contributed by atoms with Gasteiger partial charge in [0.05, 0.1) is 6.04 Å². The van der Waals surface area contributed by atoms with Gasteiger partial charge in [0.2, 0.25) is 0 Å². The summed E-state index contributed by atoms with van der Waals surface area (Å²) in [6, 6.07) is 13.8. The molecule has 2 aromatic rings. The molecule has 136 valence electrons. The monoisotopic (exact) mass is 353 g/mol. The fraction of sp³-hybridized carbons (Fsp3) is 0.318. The van der Waals surface area contributed by atoms with Crippen molar-refractivity contribution >= 4 is 11.5 Å². The van der Waals surface area contributed by atoms with Crippen molar-refractivity contribution in [1.82, 2.24) is 0 Å². The second-order valence-corrected chi connectivity index (χ2v) is 6.59. The van der Waals surface area contributed by atoms with Crippen molar-refractivity contribution in [3.05, 3.63) is 72.6 Å². The summed E-state index contributed by atoms with van der Waals surface area (Å²) in [6.45, 7) is 4.08. The minimum Gasteiger partial charge on any atom is -0.489 e. The van der Waals surface area contributed by atoms with Gasteiger partial charge in [0, 0.05) is 23.6 Å². The molecule has 2 aromatic carbocycles. The van der Waals surface area contributed by atoms with Crippen molar-refractivity contribution in [2.45, 2.75) is 31.7 Å². The highest BCUT2D eigenvalue weighted by Crippen LogP contribution is 2.38. The van der Waals surface area contributed by atoms with Crippen LogP contribution < -0.4 is 10.1 Å². The van der Waals surface area contributed by atoms with Crippen LogP contribution in [-0.2, 0) is 4.79 Å². The van der Waals surface area contributed by atoms with Crippen LogP contribution in [0, 0.1) is 11.7 Å². The zero-order valence-corrected chi connectivity index (χ0v) is 14.8. The molecule has 4 heteroatoms. The van der Waals surface area contributed by atoms with Gasteiger partial charge in [-0.1, -0.05) is 43.3 Å². The first-order valence-corrected chi connectivity index (χ1v) is 9.06. The van der Waals surface area contributed by atoms with E-state index in [-0.39, 0.29) is 23.6 Å². The van der Waals surface area contributed by atoms with Crippen LogP contribution in [0.5, 0.6) is 5.75 Å². The van der Waals surface area contributed by atoms with Crippen molar-refractivity contribution in [2.24, 2.45) is 5.92 Å². The molecule has 26 heavy (non-hydrogen) atoms. The van der Waals surface area contributed by atoms with Crippen LogP contribution in [0.15, 0.2) is 61.2 Å². The summed E-state index contributed by atoms with van der Waals surface area (Å²) in [5, 5.41) is 3.39. The number of hydrogen-bond donors (Lipinski definition) is 1. The maximum atomic E-state index is 13.6. The second kappa shape index (κ2) is 8.65. The van der Waals surface area contributed by atoms with Crippen molar-refractivity contribution in [1.29, 1.82) is 0 Å². The zero-order chi connectivity index (χ0) is 18.4. The molecule has 0 unspecified atom stereocenters. The van der Waals surface area contributed by atoms with E-state index in [9.17, 15) is 9.18 Å². The van der Waals surface area contributed by atoms with Gasteiger partial charge < -0.3 is 10.1 Å². The molecule has 3 rings (SSSR count). The highest BCUT2D eigenvalue weighted by molar-refractivity contribution is 5.83. The number of rotatable bonds is 7. The zero-order valence-electron chi connectivity index (χ0n) is 14.8. The van der Waals surface area contributed by atoms with Gasteiger partial charge in [0.1, 0.15) is 24.0 Å².